The van der Waals surface area contributed by atoms with Crippen LogP contribution >= 0.6 is 0 Å². The molecule has 36 heavy (non-hydrogen) atoms. The molecule has 2 aromatic heterocycles. The molecule has 182 valence electrons. The Bertz CT molecular complexity index is 1310. The summed E-state index contributed by atoms with van der Waals surface area (Å²) in [6.07, 6.45) is 10.8. The highest BCUT2D eigenvalue weighted by molar-refractivity contribution is 6.04. The first kappa shape index (κ1) is 22.1. The van der Waals surface area contributed by atoms with E-state index in [2.05, 4.69) is 71.1 Å². The molecule has 2 fully saturated rings. The van der Waals surface area contributed by atoms with E-state index < -0.39 is 0 Å². The fourth-order valence-corrected chi connectivity index (χ4v) is 6.49. The lowest BCUT2D eigenvalue weighted by Crippen LogP contribution is -2.20. The molecule has 4 heterocycles. The van der Waals surface area contributed by atoms with E-state index in [1.807, 2.05) is 12.4 Å². The van der Waals surface area contributed by atoms with E-state index in [0.717, 1.165) is 49.0 Å². The van der Waals surface area contributed by atoms with Crippen molar-refractivity contribution >= 4 is 7.98 Å². The number of nitrogens with zero attached hydrogens (tertiary/aromatic N) is 4. The summed E-state index contributed by atoms with van der Waals surface area (Å²) in [5, 5.41) is 0. The first-order valence-corrected chi connectivity index (χ1v) is 13.4. The smallest absolute Gasteiger partial charge is 0.186 e. The van der Waals surface area contributed by atoms with Crippen LogP contribution in [0, 0.1) is 0 Å². The van der Waals surface area contributed by atoms with Crippen molar-refractivity contribution < 1.29 is 0 Å². The molecule has 0 bridgehead atoms. The van der Waals surface area contributed by atoms with E-state index in [-0.39, 0.29) is 0 Å². The summed E-state index contributed by atoms with van der Waals surface area (Å²) in [6, 6.07) is 14.7. The van der Waals surface area contributed by atoms with Crippen LogP contribution in [-0.4, -0.2) is 57.8 Å². The highest BCUT2D eigenvalue weighted by atomic mass is 15.2. The number of aromatic nitrogens is 4. The minimum absolute atomic E-state index is 0.419. The lowest BCUT2D eigenvalue weighted by molar-refractivity contribution is 0.307. The molecule has 4 aromatic rings. The van der Waals surface area contributed by atoms with Gasteiger partial charge in [0, 0.05) is 0 Å². The Labute approximate surface area is 213 Å². The average molecular weight is 476 g/mol. The highest BCUT2D eigenvalue weighted by Crippen LogP contribution is 2.35. The van der Waals surface area contributed by atoms with Crippen molar-refractivity contribution in [2.45, 2.75) is 50.6 Å². The van der Waals surface area contributed by atoms with Crippen LogP contribution < -0.4 is 0 Å². The monoisotopic (exact) mass is 476 g/mol. The second kappa shape index (κ2) is 8.75. The van der Waals surface area contributed by atoms with Gasteiger partial charge in [-0.25, -0.2) is 9.97 Å². The topological polar surface area (TPSA) is 63.8 Å². The first-order chi connectivity index (χ1) is 17.6. The van der Waals surface area contributed by atoms with E-state index in [1.54, 1.807) is 0 Å². The molecule has 1 aliphatic carbocycles. The van der Waals surface area contributed by atoms with Gasteiger partial charge in [-0.2, -0.15) is 0 Å². The number of benzene rings is 2. The summed E-state index contributed by atoms with van der Waals surface area (Å²) in [7, 11) is 4.39. The van der Waals surface area contributed by atoms with Gasteiger partial charge in [0.1, 0.15) is 11.6 Å². The molecule has 0 unspecified atom stereocenters. The van der Waals surface area contributed by atoms with E-state index in [0.29, 0.717) is 12.1 Å². The maximum absolute atomic E-state index is 4.73. The SMILES string of the molecule is BN1CCC[C@H]1c1ncc(-c2ccc3c(c2)Cc2ccc(-c4cnc([C@@H]5CCCN5C)[nH]4)cc2C3)[nH]1. The van der Waals surface area contributed by atoms with Crippen molar-refractivity contribution in [3.05, 3.63) is 82.7 Å². The molecule has 7 rings (SSSR count). The molecule has 2 N–H and O–H groups in total. The molecule has 2 saturated heterocycles. The third-order valence-electron chi connectivity index (χ3n) is 8.66. The number of rotatable bonds is 4. The standard InChI is InChI=1S/C29H33BN6/c1-35-10-2-4-26(35)28-31-16-24(33-28)20-8-6-18-13-23-15-21(9-7-19(23)12-22(18)14-20)25-17-32-29(34-25)27-5-3-11-36(27)30/h6-9,14-17,26-27H,2-5,10-13,30H2,1H3,(H,31,33)(H,32,34)/t26-,27-/m0/s1. The Morgan fingerprint density at radius 3 is 1.83 bits per heavy atom. The fraction of sp³-hybridized carbons (Fsp3) is 0.379. The first-order valence-electron chi connectivity index (χ1n) is 13.4. The van der Waals surface area contributed by atoms with E-state index in [4.69, 9.17) is 9.97 Å². The Balaban J connectivity index is 1.12. The number of fused-ring (bicyclic) bond motifs is 2. The molecule has 0 radical (unpaired) electrons. The molecule has 7 heteroatoms. The average Bonchev–Trinajstić information content (AvgIpc) is 3.69. The van der Waals surface area contributed by atoms with Crippen LogP contribution in [0.1, 0.15) is 71.7 Å². The molecule has 0 spiro atoms. The molecule has 6 nitrogen and oxygen atoms in total. The maximum Gasteiger partial charge on any atom is 0.186 e. The van der Waals surface area contributed by atoms with Crippen molar-refractivity contribution in [2.75, 3.05) is 20.1 Å². The van der Waals surface area contributed by atoms with Crippen LogP contribution in [0.2, 0.25) is 0 Å². The molecule has 0 saturated carbocycles. The van der Waals surface area contributed by atoms with Crippen LogP contribution in [-0.2, 0) is 12.8 Å². The molecular formula is C29H33BN6. The third-order valence-corrected chi connectivity index (χ3v) is 8.66. The Kier molecular flexibility index (Phi) is 5.36. The molecular weight excluding hydrogens is 443 g/mol. The van der Waals surface area contributed by atoms with Gasteiger partial charge in [-0.1, -0.05) is 24.3 Å². The Morgan fingerprint density at radius 2 is 1.31 bits per heavy atom. The molecule has 0 amide bonds. The molecule has 2 atom stereocenters. The zero-order valence-corrected chi connectivity index (χ0v) is 21.2. The predicted octanol–water partition coefficient (Wildman–Crippen LogP) is 4.41. The molecule has 2 aliphatic heterocycles. The summed E-state index contributed by atoms with van der Waals surface area (Å²) < 4.78 is 0. The normalized spacial score (nSPS) is 22.1. The van der Waals surface area contributed by atoms with Crippen LogP contribution in [0.5, 0.6) is 0 Å². The van der Waals surface area contributed by atoms with Crippen LogP contribution in [0.3, 0.4) is 0 Å². The summed E-state index contributed by atoms with van der Waals surface area (Å²) in [6.45, 7) is 2.31. The van der Waals surface area contributed by atoms with E-state index >= 15 is 0 Å². The second-order valence-corrected chi connectivity index (χ2v) is 11.0. The van der Waals surface area contributed by atoms with Crippen molar-refractivity contribution in [3.63, 3.8) is 0 Å². The number of hydrogen-bond donors (Lipinski definition) is 2. The summed E-state index contributed by atoms with van der Waals surface area (Å²) >= 11 is 0. The number of aromatic amines is 2. The predicted molar refractivity (Wildman–Crippen MR) is 145 cm³/mol. The largest absolute Gasteiger partial charge is 0.341 e. The van der Waals surface area contributed by atoms with Gasteiger partial charge in [-0.3, -0.25) is 4.90 Å². The van der Waals surface area contributed by atoms with Gasteiger partial charge in [0.2, 0.25) is 0 Å². The van der Waals surface area contributed by atoms with Gasteiger partial charge >= 0.3 is 0 Å². The van der Waals surface area contributed by atoms with E-state index in [9.17, 15) is 0 Å². The van der Waals surface area contributed by atoms with Gasteiger partial charge in [0.15, 0.2) is 7.98 Å². The van der Waals surface area contributed by atoms with Gasteiger partial charge < -0.3 is 14.8 Å². The molecule has 2 aromatic carbocycles. The number of H-pyrrole nitrogens is 2. The third kappa shape index (κ3) is 3.82. The van der Waals surface area contributed by atoms with Crippen LogP contribution in [0.25, 0.3) is 22.5 Å². The number of likely N-dealkylation sites (tertiary alicyclic amines) is 1. The van der Waals surface area contributed by atoms with Crippen LogP contribution in [0.4, 0.5) is 0 Å². The fourth-order valence-electron chi connectivity index (χ4n) is 6.49. The summed E-state index contributed by atoms with van der Waals surface area (Å²) in [4.78, 5) is 21.5. The van der Waals surface area contributed by atoms with E-state index in [1.165, 1.54) is 59.1 Å². The highest BCUT2D eigenvalue weighted by Gasteiger charge is 2.26. The summed E-state index contributed by atoms with van der Waals surface area (Å²) in [5.41, 5.74) is 10.4. The molecule has 3 aliphatic rings. The number of imidazole rings is 2. The number of hydrogen-bond acceptors (Lipinski definition) is 4. The number of nitrogens with one attached hydrogen (secondary N) is 2. The van der Waals surface area contributed by atoms with Gasteiger partial charge in [-0.15, -0.1) is 0 Å². The van der Waals surface area contributed by atoms with Crippen molar-refractivity contribution in [3.8, 4) is 22.5 Å². The van der Waals surface area contributed by atoms with Gasteiger partial charge in [-0.05, 0) is 104 Å². The minimum atomic E-state index is 0.419. The van der Waals surface area contributed by atoms with Crippen molar-refractivity contribution in [1.29, 1.82) is 0 Å². The van der Waals surface area contributed by atoms with Crippen molar-refractivity contribution in [2.24, 2.45) is 0 Å². The van der Waals surface area contributed by atoms with Gasteiger partial charge in [0.05, 0.1) is 35.9 Å². The minimum Gasteiger partial charge on any atom is -0.341 e. The van der Waals surface area contributed by atoms with Gasteiger partial charge in [0.25, 0.3) is 0 Å². The lowest BCUT2D eigenvalue weighted by atomic mass is 9.84. The van der Waals surface area contributed by atoms with Crippen molar-refractivity contribution in [1.82, 2.24) is 29.6 Å². The zero-order valence-electron chi connectivity index (χ0n) is 21.2. The lowest BCUT2D eigenvalue weighted by Gasteiger charge is -2.21. The van der Waals surface area contributed by atoms with Crippen LogP contribution in [0.15, 0.2) is 48.8 Å². The zero-order chi connectivity index (χ0) is 24.2. The quantitative estimate of drug-likeness (QED) is 0.377. The second-order valence-electron chi connectivity index (χ2n) is 11.0. The Morgan fingerprint density at radius 1 is 0.750 bits per heavy atom. The summed E-state index contributed by atoms with van der Waals surface area (Å²) in [5.74, 6) is 2.20. The Hall–Kier alpha value is -3.16. The maximum atomic E-state index is 4.73.